The number of ether oxygens (including phenoxy) is 1. The number of hydrogen-bond acceptors (Lipinski definition) is 4. The van der Waals surface area contributed by atoms with E-state index in [1.165, 1.54) is 13.2 Å². The summed E-state index contributed by atoms with van der Waals surface area (Å²) in [5.74, 6) is -0.211. The van der Waals surface area contributed by atoms with Crippen molar-refractivity contribution in [3.63, 3.8) is 0 Å². The highest BCUT2D eigenvalue weighted by Crippen LogP contribution is 2.29. The van der Waals surface area contributed by atoms with Gasteiger partial charge in [0.05, 0.1) is 24.2 Å². The maximum Gasteiger partial charge on any atom is 0.178 e. The summed E-state index contributed by atoms with van der Waals surface area (Å²) in [5.41, 5.74) is 1.45. The number of methoxy groups -OCH3 is 1. The largest absolute Gasteiger partial charge is 0.494 e. The molecule has 0 amide bonds. The fourth-order valence-electron chi connectivity index (χ4n) is 2.22. The predicted octanol–water partition coefficient (Wildman–Crippen LogP) is 3.91. The topological polar surface area (TPSA) is 42.8 Å². The third-order valence-electron chi connectivity index (χ3n) is 3.19. The quantitative estimate of drug-likeness (QED) is 0.746. The zero-order valence-corrected chi connectivity index (χ0v) is 12.5. The van der Waals surface area contributed by atoms with Crippen molar-refractivity contribution in [1.82, 2.24) is 14.5 Å². The summed E-state index contributed by atoms with van der Waals surface area (Å²) in [4.78, 5) is 7.33. The number of hydrogen-bond donors (Lipinski definition) is 1. The van der Waals surface area contributed by atoms with Gasteiger partial charge in [0.2, 0.25) is 0 Å². The number of thiazole rings is 1. The molecule has 0 bridgehead atoms. The molecule has 20 heavy (non-hydrogen) atoms. The lowest BCUT2D eigenvalue weighted by Gasteiger charge is -2.12. The van der Waals surface area contributed by atoms with Gasteiger partial charge in [-0.15, -0.1) is 11.3 Å². The van der Waals surface area contributed by atoms with Crippen LogP contribution in [-0.4, -0.2) is 21.6 Å². The monoisotopic (exact) mass is 309 g/mol. The van der Waals surface area contributed by atoms with E-state index < -0.39 is 5.82 Å². The molecule has 0 spiro atoms. The van der Waals surface area contributed by atoms with E-state index in [1.807, 2.05) is 16.9 Å². The van der Waals surface area contributed by atoms with Gasteiger partial charge in [0.15, 0.2) is 16.3 Å². The Labute approximate surface area is 123 Å². The SMILES string of the molecule is COc1cc2c(cc1F)[nH]c(=S)n2C(C)c1nccs1. The lowest BCUT2D eigenvalue weighted by Crippen LogP contribution is -2.06. The Morgan fingerprint density at radius 1 is 1.50 bits per heavy atom. The molecule has 1 unspecified atom stereocenters. The molecule has 0 fully saturated rings. The summed E-state index contributed by atoms with van der Waals surface area (Å²) in [7, 11) is 1.44. The number of H-pyrrole nitrogens is 1. The highest BCUT2D eigenvalue weighted by molar-refractivity contribution is 7.71. The Morgan fingerprint density at radius 2 is 2.30 bits per heavy atom. The number of benzene rings is 1. The molecule has 0 aliphatic heterocycles. The highest BCUT2D eigenvalue weighted by atomic mass is 32.1. The number of aromatic amines is 1. The number of imidazole rings is 1. The molecule has 1 aromatic carbocycles. The molecule has 2 heterocycles. The smallest absolute Gasteiger partial charge is 0.178 e. The van der Waals surface area contributed by atoms with Crippen LogP contribution in [0.3, 0.4) is 0 Å². The van der Waals surface area contributed by atoms with Crippen LogP contribution in [0.4, 0.5) is 4.39 Å². The molecule has 7 heteroatoms. The van der Waals surface area contributed by atoms with Gasteiger partial charge in [-0.05, 0) is 19.1 Å². The second kappa shape index (κ2) is 4.99. The number of fused-ring (bicyclic) bond motifs is 1. The Balaban J connectivity index is 2.25. The molecule has 4 nitrogen and oxygen atoms in total. The van der Waals surface area contributed by atoms with E-state index in [-0.39, 0.29) is 11.8 Å². The van der Waals surface area contributed by atoms with E-state index in [1.54, 1.807) is 23.6 Å². The minimum atomic E-state index is -0.412. The first kappa shape index (κ1) is 13.3. The first-order valence-electron chi connectivity index (χ1n) is 5.99. The molecule has 104 valence electrons. The average molecular weight is 309 g/mol. The first-order valence-corrected chi connectivity index (χ1v) is 7.27. The van der Waals surface area contributed by atoms with E-state index in [0.29, 0.717) is 10.3 Å². The molecule has 1 N–H and O–H groups in total. The van der Waals surface area contributed by atoms with Crippen LogP contribution in [0.2, 0.25) is 0 Å². The number of rotatable bonds is 3. The number of nitrogens with zero attached hydrogens (tertiary/aromatic N) is 2. The van der Waals surface area contributed by atoms with Crippen molar-refractivity contribution < 1.29 is 9.13 Å². The fourth-order valence-corrected chi connectivity index (χ4v) is 3.27. The molecule has 3 aromatic rings. The van der Waals surface area contributed by atoms with Gasteiger partial charge in [0.25, 0.3) is 0 Å². The van der Waals surface area contributed by atoms with Gasteiger partial charge in [0, 0.05) is 23.7 Å². The van der Waals surface area contributed by atoms with E-state index >= 15 is 0 Å². The predicted molar refractivity (Wildman–Crippen MR) is 79.6 cm³/mol. The second-order valence-corrected chi connectivity index (χ2v) is 5.66. The molecule has 0 aliphatic carbocycles. The van der Waals surface area contributed by atoms with Crippen LogP contribution in [0, 0.1) is 10.6 Å². The Morgan fingerprint density at radius 3 is 2.95 bits per heavy atom. The maximum atomic E-state index is 13.7. The van der Waals surface area contributed by atoms with Crippen molar-refractivity contribution >= 4 is 34.6 Å². The van der Waals surface area contributed by atoms with E-state index in [2.05, 4.69) is 9.97 Å². The molecular formula is C13H12FN3OS2. The van der Waals surface area contributed by atoms with Crippen molar-refractivity contribution in [2.75, 3.05) is 7.11 Å². The van der Waals surface area contributed by atoms with Crippen molar-refractivity contribution in [2.45, 2.75) is 13.0 Å². The molecule has 0 aliphatic rings. The summed E-state index contributed by atoms with van der Waals surface area (Å²) >= 11 is 6.91. The highest BCUT2D eigenvalue weighted by Gasteiger charge is 2.17. The minimum Gasteiger partial charge on any atom is -0.494 e. The summed E-state index contributed by atoms with van der Waals surface area (Å²) in [5, 5.41) is 2.87. The molecule has 0 saturated heterocycles. The lowest BCUT2D eigenvalue weighted by molar-refractivity contribution is 0.387. The van der Waals surface area contributed by atoms with Gasteiger partial charge in [0.1, 0.15) is 5.01 Å². The maximum absolute atomic E-state index is 13.7. The Hall–Kier alpha value is -1.73. The summed E-state index contributed by atoms with van der Waals surface area (Å²) in [6.07, 6.45) is 1.76. The summed E-state index contributed by atoms with van der Waals surface area (Å²) < 4.78 is 21.2. The molecular weight excluding hydrogens is 297 g/mol. The normalized spacial score (nSPS) is 12.8. The molecule has 1 atom stereocenters. The molecule has 0 radical (unpaired) electrons. The first-order chi connectivity index (χ1) is 9.61. The Kier molecular flexibility index (Phi) is 3.31. The molecule has 2 aromatic heterocycles. The van der Waals surface area contributed by atoms with E-state index in [4.69, 9.17) is 17.0 Å². The third-order valence-corrected chi connectivity index (χ3v) is 4.43. The van der Waals surface area contributed by atoms with Crippen LogP contribution in [0.25, 0.3) is 11.0 Å². The van der Waals surface area contributed by atoms with Crippen LogP contribution in [0.15, 0.2) is 23.7 Å². The average Bonchev–Trinajstić information content (AvgIpc) is 3.03. The summed E-state index contributed by atoms with van der Waals surface area (Å²) in [6, 6.07) is 3.03. The summed E-state index contributed by atoms with van der Waals surface area (Å²) in [6.45, 7) is 2.01. The van der Waals surface area contributed by atoms with Gasteiger partial charge in [-0.2, -0.15) is 0 Å². The van der Waals surface area contributed by atoms with Crippen LogP contribution >= 0.6 is 23.6 Å². The van der Waals surface area contributed by atoms with Crippen LogP contribution in [0.5, 0.6) is 5.75 Å². The number of aromatic nitrogens is 3. The van der Waals surface area contributed by atoms with Gasteiger partial charge in [-0.25, -0.2) is 9.37 Å². The number of nitrogens with one attached hydrogen (secondary N) is 1. The lowest BCUT2D eigenvalue weighted by atomic mass is 10.2. The van der Waals surface area contributed by atoms with Gasteiger partial charge in [-0.3, -0.25) is 0 Å². The van der Waals surface area contributed by atoms with Crippen molar-refractivity contribution in [1.29, 1.82) is 0 Å². The third kappa shape index (κ3) is 2.03. The molecule has 3 rings (SSSR count). The minimum absolute atomic E-state index is 0.0218. The van der Waals surface area contributed by atoms with Crippen molar-refractivity contribution in [3.05, 3.63) is 39.3 Å². The van der Waals surface area contributed by atoms with Crippen LogP contribution in [0.1, 0.15) is 18.0 Å². The number of halogens is 1. The van der Waals surface area contributed by atoms with Crippen LogP contribution in [-0.2, 0) is 0 Å². The van der Waals surface area contributed by atoms with Gasteiger partial charge in [-0.1, -0.05) is 0 Å². The van der Waals surface area contributed by atoms with Crippen molar-refractivity contribution in [2.24, 2.45) is 0 Å². The molecule has 0 saturated carbocycles. The second-order valence-electron chi connectivity index (χ2n) is 4.35. The zero-order chi connectivity index (χ0) is 14.3. The van der Waals surface area contributed by atoms with Crippen LogP contribution < -0.4 is 4.74 Å². The standard InChI is InChI=1S/C13H12FN3OS2/c1-7(12-15-3-4-20-12)17-10-6-11(18-2)8(14)5-9(10)16-13(17)19/h3-7H,1-2H3,(H,16,19). The van der Waals surface area contributed by atoms with E-state index in [9.17, 15) is 4.39 Å². The van der Waals surface area contributed by atoms with Gasteiger partial charge >= 0.3 is 0 Å². The fraction of sp³-hybridized carbons (Fsp3) is 0.231. The van der Waals surface area contributed by atoms with E-state index in [0.717, 1.165) is 10.5 Å². The van der Waals surface area contributed by atoms with Crippen molar-refractivity contribution in [3.8, 4) is 5.75 Å². The Bertz CT molecular complexity index is 807. The van der Waals surface area contributed by atoms with Gasteiger partial charge < -0.3 is 14.3 Å². The zero-order valence-electron chi connectivity index (χ0n) is 10.9.